The summed E-state index contributed by atoms with van der Waals surface area (Å²) in [7, 11) is 1.52. The molecule has 0 radical (unpaired) electrons. The molecule has 4 aliphatic rings. The highest BCUT2D eigenvalue weighted by atomic mass is 79.9. The summed E-state index contributed by atoms with van der Waals surface area (Å²) in [5.74, 6) is -3.97. The van der Waals surface area contributed by atoms with Gasteiger partial charge >= 0.3 is 0 Å². The first-order chi connectivity index (χ1) is 20.2. The molecule has 1 aliphatic heterocycles. The zero-order valence-corrected chi connectivity index (χ0v) is 24.5. The van der Waals surface area contributed by atoms with Crippen molar-refractivity contribution < 1.29 is 24.3 Å². The zero-order chi connectivity index (χ0) is 29.3. The summed E-state index contributed by atoms with van der Waals surface area (Å²) in [6.45, 7) is 0. The molecule has 6 unspecified atom stereocenters. The number of phenolic OH excluding ortho intramolecular Hbond substituents is 1. The molecule has 0 aromatic heterocycles. The van der Waals surface area contributed by atoms with Gasteiger partial charge in [0.05, 0.1) is 17.3 Å². The lowest BCUT2D eigenvalue weighted by Gasteiger charge is -2.55. The molecule has 3 aromatic rings. The van der Waals surface area contributed by atoms with Gasteiger partial charge in [-0.2, -0.15) is 0 Å². The van der Waals surface area contributed by atoms with Gasteiger partial charge in [-0.3, -0.25) is 24.1 Å². The smallest absolute Gasteiger partial charge is 0.233 e. The van der Waals surface area contributed by atoms with Gasteiger partial charge in [0, 0.05) is 34.5 Å². The van der Waals surface area contributed by atoms with Crippen molar-refractivity contribution >= 4 is 44.9 Å². The maximum atomic E-state index is 14.9. The molecule has 1 saturated carbocycles. The Bertz CT molecular complexity index is 1730. The third-order valence-electron chi connectivity index (χ3n) is 9.90. The van der Waals surface area contributed by atoms with E-state index < -0.39 is 35.0 Å². The lowest BCUT2D eigenvalue weighted by Crippen LogP contribution is -2.58. The Morgan fingerprint density at radius 3 is 2.29 bits per heavy atom. The average molecular weight is 623 g/mol. The van der Waals surface area contributed by atoms with E-state index in [0.717, 1.165) is 5.57 Å². The maximum absolute atomic E-state index is 14.9. The molecular formula is C35H28BrNO5. The number of imide groups is 1. The highest BCUT2D eigenvalue weighted by Gasteiger charge is 2.65. The number of Topliss-reactive ketones (excluding diaryl/α,β-unsaturated/α-hetero) is 1. The molecule has 6 nitrogen and oxygen atoms in total. The maximum Gasteiger partial charge on any atom is 0.233 e. The lowest BCUT2D eigenvalue weighted by molar-refractivity contribution is -0.139. The Morgan fingerprint density at radius 1 is 0.881 bits per heavy atom. The number of benzene rings is 3. The van der Waals surface area contributed by atoms with Crippen LogP contribution >= 0.6 is 15.9 Å². The molecule has 42 heavy (non-hydrogen) atoms. The minimum atomic E-state index is -1.36. The highest BCUT2D eigenvalue weighted by Crippen LogP contribution is 2.64. The molecule has 6 atom stereocenters. The van der Waals surface area contributed by atoms with E-state index >= 15 is 0 Å². The Kier molecular flexibility index (Phi) is 6.21. The first-order valence-electron chi connectivity index (χ1n) is 14.2. The third kappa shape index (κ3) is 3.62. The van der Waals surface area contributed by atoms with Crippen molar-refractivity contribution in [3.63, 3.8) is 0 Å². The fourth-order valence-corrected chi connectivity index (χ4v) is 8.51. The number of allylic oxidation sites excluding steroid dienone is 4. The van der Waals surface area contributed by atoms with E-state index in [-0.39, 0.29) is 35.6 Å². The second-order valence-electron chi connectivity index (χ2n) is 11.7. The molecule has 210 valence electrons. The number of carbonyl (C=O) groups is 4. The first kappa shape index (κ1) is 26.8. The third-order valence-corrected chi connectivity index (χ3v) is 10.4. The number of fused-ring (bicyclic) bond motifs is 4. The van der Waals surface area contributed by atoms with Crippen molar-refractivity contribution in [1.29, 1.82) is 0 Å². The van der Waals surface area contributed by atoms with Crippen LogP contribution in [0, 0.1) is 23.7 Å². The van der Waals surface area contributed by atoms with Crippen LogP contribution in [-0.4, -0.2) is 40.4 Å². The number of phenols is 1. The Hall–Kier alpha value is -4.10. The summed E-state index contributed by atoms with van der Waals surface area (Å²) >= 11 is 3.55. The van der Waals surface area contributed by atoms with Gasteiger partial charge in [0.15, 0.2) is 11.6 Å². The van der Waals surface area contributed by atoms with Gasteiger partial charge in [0.1, 0.15) is 5.75 Å². The molecule has 3 aliphatic carbocycles. The van der Waals surface area contributed by atoms with E-state index in [1.54, 1.807) is 18.2 Å². The number of carbonyl (C=O) groups excluding carboxylic acids is 4. The normalized spacial score (nSPS) is 30.3. The summed E-state index contributed by atoms with van der Waals surface area (Å²) in [5, 5.41) is 11.3. The largest absolute Gasteiger partial charge is 0.508 e. The summed E-state index contributed by atoms with van der Waals surface area (Å²) in [6.07, 6.45) is 4.08. The zero-order valence-electron chi connectivity index (χ0n) is 22.9. The molecule has 0 bridgehead atoms. The van der Waals surface area contributed by atoms with Crippen molar-refractivity contribution in [2.24, 2.45) is 23.7 Å². The average Bonchev–Trinajstić information content (AvgIpc) is 3.23. The van der Waals surface area contributed by atoms with E-state index in [4.69, 9.17) is 0 Å². The Balaban J connectivity index is 1.54. The topological polar surface area (TPSA) is 91.8 Å². The number of nitrogens with zero attached hydrogens (tertiary/aromatic N) is 1. The van der Waals surface area contributed by atoms with E-state index in [2.05, 4.69) is 15.9 Å². The van der Waals surface area contributed by atoms with Gasteiger partial charge in [0.25, 0.3) is 0 Å². The van der Waals surface area contributed by atoms with Gasteiger partial charge in [-0.05, 0) is 54.2 Å². The lowest BCUT2D eigenvalue weighted by atomic mass is 9.44. The molecule has 7 heteroatoms. The fraction of sp³-hybridized carbons (Fsp3) is 0.257. The van der Waals surface area contributed by atoms with Gasteiger partial charge in [-0.25, -0.2) is 0 Å². The minimum absolute atomic E-state index is 0.00459. The Labute approximate surface area is 251 Å². The van der Waals surface area contributed by atoms with Crippen LogP contribution in [-0.2, 0) is 24.6 Å². The van der Waals surface area contributed by atoms with Crippen molar-refractivity contribution in [3.8, 4) is 5.75 Å². The highest BCUT2D eigenvalue weighted by molar-refractivity contribution is 9.10. The summed E-state index contributed by atoms with van der Waals surface area (Å²) in [5.41, 5.74) is 1.68. The summed E-state index contributed by atoms with van der Waals surface area (Å²) in [4.78, 5) is 57.4. The van der Waals surface area contributed by atoms with Crippen LogP contribution in [0.1, 0.15) is 35.4 Å². The van der Waals surface area contributed by atoms with Crippen LogP contribution in [0.5, 0.6) is 5.75 Å². The second kappa shape index (κ2) is 9.73. The van der Waals surface area contributed by atoms with E-state index in [1.807, 2.05) is 66.7 Å². The van der Waals surface area contributed by atoms with Crippen LogP contribution in [0.25, 0.3) is 5.57 Å². The van der Waals surface area contributed by atoms with Crippen LogP contribution in [0.2, 0.25) is 0 Å². The van der Waals surface area contributed by atoms with Gasteiger partial charge in [-0.1, -0.05) is 88.2 Å². The minimum Gasteiger partial charge on any atom is -0.508 e. The number of rotatable bonds is 3. The van der Waals surface area contributed by atoms with E-state index in [0.29, 0.717) is 33.2 Å². The summed E-state index contributed by atoms with van der Waals surface area (Å²) < 4.78 is 0.716. The number of hydrogen-bond donors (Lipinski definition) is 1. The SMILES string of the molecule is CN1C(=O)C2CC=C3C(CC4C(=O)C(c5ccccc5)=CC(=O)C4(c4ccccc4)C3c3cc(Br)ccc3O)C2C1=O. The van der Waals surface area contributed by atoms with Crippen molar-refractivity contribution in [1.82, 2.24) is 4.90 Å². The quantitative estimate of drug-likeness (QED) is 0.303. The van der Waals surface area contributed by atoms with Crippen molar-refractivity contribution in [3.05, 3.63) is 118 Å². The van der Waals surface area contributed by atoms with Crippen LogP contribution in [0.15, 0.2) is 101 Å². The van der Waals surface area contributed by atoms with E-state index in [9.17, 15) is 24.3 Å². The van der Waals surface area contributed by atoms with Gasteiger partial charge < -0.3 is 5.11 Å². The van der Waals surface area contributed by atoms with E-state index in [1.165, 1.54) is 18.0 Å². The summed E-state index contributed by atoms with van der Waals surface area (Å²) in [6, 6.07) is 23.6. The van der Waals surface area contributed by atoms with Crippen LogP contribution in [0.4, 0.5) is 0 Å². The van der Waals surface area contributed by atoms with Crippen LogP contribution in [0.3, 0.4) is 0 Å². The molecule has 1 heterocycles. The Morgan fingerprint density at radius 2 is 1.57 bits per heavy atom. The number of halogens is 1. The van der Waals surface area contributed by atoms with Gasteiger partial charge in [-0.15, -0.1) is 0 Å². The number of amides is 2. The first-order valence-corrected chi connectivity index (χ1v) is 15.0. The predicted molar refractivity (Wildman–Crippen MR) is 160 cm³/mol. The molecule has 7 rings (SSSR count). The fourth-order valence-electron chi connectivity index (χ4n) is 8.13. The van der Waals surface area contributed by atoms with Crippen molar-refractivity contribution in [2.45, 2.75) is 24.2 Å². The molecule has 0 spiro atoms. The number of aromatic hydroxyl groups is 1. The van der Waals surface area contributed by atoms with Crippen LogP contribution < -0.4 is 0 Å². The molecular weight excluding hydrogens is 594 g/mol. The number of hydrogen-bond acceptors (Lipinski definition) is 5. The van der Waals surface area contributed by atoms with Crippen molar-refractivity contribution in [2.75, 3.05) is 7.05 Å². The van der Waals surface area contributed by atoms with Gasteiger partial charge in [0.2, 0.25) is 11.8 Å². The molecule has 3 aromatic carbocycles. The molecule has 1 N–H and O–H groups in total. The molecule has 2 fully saturated rings. The molecule has 2 amide bonds. The second-order valence-corrected chi connectivity index (χ2v) is 12.6. The molecule has 1 saturated heterocycles. The standard InChI is InChI=1S/C35H28BrNO5/c1-37-33(41)23-14-13-22-25(30(23)34(37)42)17-27-32(40)24(19-8-4-2-5-9-19)18-29(39)35(27,20-10-6-3-7-11-20)31(22)26-16-21(36)12-15-28(26)38/h2-13,15-16,18,23,25,27,30-31,38H,14,17H2,1H3. The number of likely N-dealkylation sites (tertiary alicyclic amines) is 1. The predicted octanol–water partition coefficient (Wildman–Crippen LogP) is 5.61. The monoisotopic (exact) mass is 621 g/mol. The number of ketones is 2.